The molecule has 34 heavy (non-hydrogen) atoms. The van der Waals surface area contributed by atoms with Gasteiger partial charge in [-0.05, 0) is 54.4 Å². The Bertz CT molecular complexity index is 1380. The van der Waals surface area contributed by atoms with Gasteiger partial charge in [-0.1, -0.05) is 12.1 Å². The number of aromatic nitrogens is 3. The maximum atomic E-state index is 13.7. The highest BCUT2D eigenvalue weighted by molar-refractivity contribution is 5.95. The van der Waals surface area contributed by atoms with Crippen molar-refractivity contribution < 1.29 is 9.18 Å². The molecule has 0 aliphatic carbocycles. The molecule has 2 aliphatic heterocycles. The summed E-state index contributed by atoms with van der Waals surface area (Å²) in [5.41, 5.74) is 5.72. The molecule has 2 aromatic heterocycles. The molecule has 6 rings (SSSR count). The van der Waals surface area contributed by atoms with Crippen molar-refractivity contribution in [2.75, 3.05) is 37.6 Å². The topological polar surface area (TPSA) is 74.2 Å². The summed E-state index contributed by atoms with van der Waals surface area (Å²) in [4.78, 5) is 30.6. The van der Waals surface area contributed by atoms with Crippen molar-refractivity contribution in [2.45, 2.75) is 6.42 Å². The summed E-state index contributed by atoms with van der Waals surface area (Å²) in [7, 11) is 0. The van der Waals surface area contributed by atoms with E-state index in [9.17, 15) is 9.18 Å². The van der Waals surface area contributed by atoms with E-state index in [1.165, 1.54) is 12.4 Å². The Kier molecular flexibility index (Phi) is 5.15. The van der Waals surface area contributed by atoms with Gasteiger partial charge in [0.2, 0.25) is 0 Å². The van der Waals surface area contributed by atoms with E-state index in [1.807, 2.05) is 41.3 Å². The molecule has 1 fully saturated rings. The van der Waals surface area contributed by atoms with Gasteiger partial charge in [-0.15, -0.1) is 0 Å². The lowest BCUT2D eigenvalue weighted by atomic mass is 10.1. The number of carbonyl (C=O) groups is 1. The third-order valence-electron chi connectivity index (χ3n) is 6.49. The SMILES string of the molecule is O=C(c1ccc(-c2ccc3ncnc(N4CCc5cc(F)ccc54)c3n2)cc1)N1CCNCC1. The molecule has 0 atom stereocenters. The van der Waals surface area contributed by atoms with Gasteiger partial charge >= 0.3 is 0 Å². The molecule has 0 bridgehead atoms. The maximum Gasteiger partial charge on any atom is 0.253 e. The van der Waals surface area contributed by atoms with Crippen molar-refractivity contribution in [1.29, 1.82) is 0 Å². The number of anilines is 2. The van der Waals surface area contributed by atoms with Crippen LogP contribution in [0.2, 0.25) is 0 Å². The van der Waals surface area contributed by atoms with Gasteiger partial charge < -0.3 is 15.1 Å². The molecule has 4 heterocycles. The Balaban J connectivity index is 1.33. The number of rotatable bonds is 3. The Morgan fingerprint density at radius 1 is 0.941 bits per heavy atom. The second-order valence-electron chi connectivity index (χ2n) is 8.56. The molecular formula is C26H23FN6O. The number of amides is 1. The van der Waals surface area contributed by atoms with Gasteiger partial charge in [-0.2, -0.15) is 0 Å². The molecule has 0 spiro atoms. The van der Waals surface area contributed by atoms with Crippen LogP contribution in [-0.4, -0.2) is 58.5 Å². The predicted octanol–water partition coefficient (Wildman–Crippen LogP) is 3.57. The lowest BCUT2D eigenvalue weighted by Crippen LogP contribution is -2.46. The summed E-state index contributed by atoms with van der Waals surface area (Å²) < 4.78 is 13.7. The first kappa shape index (κ1) is 20.7. The van der Waals surface area contributed by atoms with Gasteiger partial charge in [0.1, 0.15) is 17.7 Å². The quantitative estimate of drug-likeness (QED) is 0.510. The average Bonchev–Trinajstić information content (AvgIpc) is 3.31. The number of carbonyl (C=O) groups excluding carboxylic acids is 1. The van der Waals surface area contributed by atoms with Crippen LogP contribution < -0.4 is 10.2 Å². The fraction of sp³-hybridized carbons (Fsp3) is 0.231. The molecule has 1 saturated heterocycles. The molecule has 1 amide bonds. The van der Waals surface area contributed by atoms with E-state index in [-0.39, 0.29) is 11.7 Å². The van der Waals surface area contributed by atoms with E-state index in [2.05, 4.69) is 20.2 Å². The standard InChI is InChI=1S/C26H23FN6O/c27-20-5-8-23-19(15-20)9-12-33(23)25-24-22(29-16-30-25)7-6-21(31-24)17-1-3-18(4-2-17)26(34)32-13-10-28-11-14-32/h1-8,15-16,28H,9-14H2. The van der Waals surface area contributed by atoms with Crippen molar-refractivity contribution in [2.24, 2.45) is 0 Å². The van der Waals surface area contributed by atoms with Crippen molar-refractivity contribution >= 4 is 28.4 Å². The van der Waals surface area contributed by atoms with Crippen LogP contribution in [0.25, 0.3) is 22.3 Å². The minimum absolute atomic E-state index is 0.0549. The highest BCUT2D eigenvalue weighted by Gasteiger charge is 2.24. The van der Waals surface area contributed by atoms with Gasteiger partial charge in [-0.3, -0.25) is 4.79 Å². The predicted molar refractivity (Wildman–Crippen MR) is 129 cm³/mol. The Morgan fingerprint density at radius 2 is 1.76 bits per heavy atom. The van der Waals surface area contributed by atoms with Crippen molar-refractivity contribution in [3.63, 3.8) is 0 Å². The number of benzene rings is 2. The monoisotopic (exact) mass is 454 g/mol. The molecule has 0 saturated carbocycles. The molecule has 7 nitrogen and oxygen atoms in total. The summed E-state index contributed by atoms with van der Waals surface area (Å²) in [5, 5.41) is 3.27. The summed E-state index contributed by atoms with van der Waals surface area (Å²) in [6, 6.07) is 16.3. The minimum atomic E-state index is -0.229. The molecule has 2 aliphatic rings. The van der Waals surface area contributed by atoms with Crippen LogP contribution in [0, 0.1) is 5.82 Å². The van der Waals surface area contributed by atoms with Gasteiger partial charge in [0.15, 0.2) is 5.82 Å². The fourth-order valence-corrected chi connectivity index (χ4v) is 4.71. The molecule has 170 valence electrons. The normalized spacial score (nSPS) is 15.6. The van der Waals surface area contributed by atoms with Gasteiger partial charge in [0.25, 0.3) is 5.91 Å². The molecule has 0 radical (unpaired) electrons. The molecule has 4 aromatic rings. The summed E-state index contributed by atoms with van der Waals surface area (Å²) >= 11 is 0. The van der Waals surface area contributed by atoms with Crippen molar-refractivity contribution in [3.05, 3.63) is 77.9 Å². The minimum Gasteiger partial charge on any atom is -0.336 e. The number of pyridine rings is 1. The number of halogens is 1. The molecular weight excluding hydrogens is 431 g/mol. The largest absolute Gasteiger partial charge is 0.336 e. The molecule has 8 heteroatoms. The highest BCUT2D eigenvalue weighted by Crippen LogP contribution is 2.36. The van der Waals surface area contributed by atoms with E-state index < -0.39 is 0 Å². The van der Waals surface area contributed by atoms with E-state index in [1.54, 1.807) is 12.1 Å². The fourth-order valence-electron chi connectivity index (χ4n) is 4.71. The first-order chi connectivity index (χ1) is 16.7. The molecule has 0 unspecified atom stereocenters. The van der Waals surface area contributed by atoms with Crippen LogP contribution in [0.5, 0.6) is 0 Å². The van der Waals surface area contributed by atoms with Gasteiger partial charge in [0.05, 0.1) is 11.2 Å². The summed E-state index contributed by atoms with van der Waals surface area (Å²) in [6.07, 6.45) is 2.29. The zero-order chi connectivity index (χ0) is 23.1. The Hall–Kier alpha value is -3.91. The van der Waals surface area contributed by atoms with Crippen molar-refractivity contribution in [3.8, 4) is 11.3 Å². The summed E-state index contributed by atoms with van der Waals surface area (Å²) in [6.45, 7) is 3.81. The highest BCUT2D eigenvalue weighted by atomic mass is 19.1. The third-order valence-corrected chi connectivity index (χ3v) is 6.49. The number of fused-ring (bicyclic) bond motifs is 2. The van der Waals surface area contributed by atoms with Crippen LogP contribution >= 0.6 is 0 Å². The lowest BCUT2D eigenvalue weighted by Gasteiger charge is -2.27. The number of piperazine rings is 1. The van der Waals surface area contributed by atoms with Crippen LogP contribution in [-0.2, 0) is 6.42 Å². The van der Waals surface area contributed by atoms with E-state index in [0.29, 0.717) is 23.4 Å². The zero-order valence-corrected chi connectivity index (χ0v) is 18.5. The number of nitrogens with zero attached hydrogens (tertiary/aromatic N) is 5. The van der Waals surface area contributed by atoms with Crippen LogP contribution in [0.3, 0.4) is 0 Å². The molecule has 2 aromatic carbocycles. The number of nitrogens with one attached hydrogen (secondary N) is 1. The zero-order valence-electron chi connectivity index (χ0n) is 18.5. The second-order valence-corrected chi connectivity index (χ2v) is 8.56. The summed E-state index contributed by atoms with van der Waals surface area (Å²) in [5.74, 6) is 0.537. The number of hydrogen-bond donors (Lipinski definition) is 1. The van der Waals surface area contributed by atoms with Crippen LogP contribution in [0.4, 0.5) is 15.9 Å². The van der Waals surface area contributed by atoms with E-state index in [4.69, 9.17) is 4.98 Å². The van der Waals surface area contributed by atoms with Crippen molar-refractivity contribution in [1.82, 2.24) is 25.2 Å². The van der Waals surface area contributed by atoms with Crippen LogP contribution in [0.1, 0.15) is 15.9 Å². The smallest absolute Gasteiger partial charge is 0.253 e. The van der Waals surface area contributed by atoms with E-state index >= 15 is 0 Å². The van der Waals surface area contributed by atoms with E-state index in [0.717, 1.165) is 60.6 Å². The molecule has 1 N–H and O–H groups in total. The first-order valence-electron chi connectivity index (χ1n) is 11.5. The average molecular weight is 455 g/mol. The first-order valence-corrected chi connectivity index (χ1v) is 11.5. The van der Waals surface area contributed by atoms with Crippen LogP contribution in [0.15, 0.2) is 60.9 Å². The lowest BCUT2D eigenvalue weighted by molar-refractivity contribution is 0.0736. The Morgan fingerprint density at radius 3 is 2.59 bits per heavy atom. The van der Waals surface area contributed by atoms with Gasteiger partial charge in [0, 0.05) is 49.5 Å². The Labute approximate surface area is 196 Å². The maximum absolute atomic E-state index is 13.7. The third kappa shape index (κ3) is 3.66. The number of hydrogen-bond acceptors (Lipinski definition) is 6. The second kappa shape index (κ2) is 8.46. The van der Waals surface area contributed by atoms with Gasteiger partial charge in [-0.25, -0.2) is 19.3 Å².